The van der Waals surface area contributed by atoms with Gasteiger partial charge in [0.05, 0.1) is 6.10 Å². The summed E-state index contributed by atoms with van der Waals surface area (Å²) in [4.78, 5) is 22.4. The van der Waals surface area contributed by atoms with Gasteiger partial charge in [0, 0.05) is 12.3 Å². The number of rotatable bonds is 11. The molecule has 0 amide bonds. The second-order valence-electron chi connectivity index (χ2n) is 6.04. The van der Waals surface area contributed by atoms with E-state index >= 15 is 0 Å². The van der Waals surface area contributed by atoms with Crippen molar-refractivity contribution >= 4 is 11.8 Å². The second kappa shape index (κ2) is 10.3. The van der Waals surface area contributed by atoms with Crippen molar-refractivity contribution in [2.75, 3.05) is 0 Å². The van der Waals surface area contributed by atoms with E-state index in [9.17, 15) is 14.7 Å². The predicted molar refractivity (Wildman–Crippen MR) is 86.5 cm³/mol. The molecule has 3 atom stereocenters. The zero-order chi connectivity index (χ0) is 16.4. The molecule has 1 aliphatic carbocycles. The molecule has 1 rings (SSSR count). The van der Waals surface area contributed by atoms with Gasteiger partial charge in [-0.05, 0) is 31.3 Å². The van der Waals surface area contributed by atoms with Gasteiger partial charge in [0.25, 0.3) is 0 Å². The van der Waals surface area contributed by atoms with Crippen molar-refractivity contribution in [1.82, 2.24) is 0 Å². The Labute approximate surface area is 132 Å². The minimum absolute atomic E-state index is 0.0836. The molecular formula is C18H28O4. The Morgan fingerprint density at radius 2 is 2.09 bits per heavy atom. The van der Waals surface area contributed by atoms with Gasteiger partial charge in [-0.2, -0.15) is 0 Å². The molecule has 0 aromatic heterocycles. The molecule has 0 saturated carbocycles. The molecule has 0 unspecified atom stereocenters. The summed E-state index contributed by atoms with van der Waals surface area (Å²) in [6, 6.07) is 0. The summed E-state index contributed by atoms with van der Waals surface area (Å²) in [5.41, 5.74) is 0. The fourth-order valence-corrected chi connectivity index (χ4v) is 2.78. The van der Waals surface area contributed by atoms with Gasteiger partial charge < -0.3 is 10.2 Å². The number of aliphatic hydroxyl groups is 1. The molecule has 124 valence electrons. The van der Waals surface area contributed by atoms with Crippen molar-refractivity contribution in [3.8, 4) is 0 Å². The minimum Gasteiger partial charge on any atom is -0.481 e. The molecule has 4 heteroatoms. The standard InChI is InChI=1S/C18H28O4/c1-2-3-4-8-15(19)11-12-16-14(10-13-17(16)20)7-5-6-9-18(21)22/h10-16,19H,2-9H2,1H3,(H,21,22)/b12-11+/t14-,15-,16-/m0/s1. The van der Waals surface area contributed by atoms with E-state index in [1.807, 2.05) is 12.2 Å². The number of aliphatic carboxylic acids is 1. The van der Waals surface area contributed by atoms with E-state index in [4.69, 9.17) is 5.11 Å². The van der Waals surface area contributed by atoms with E-state index < -0.39 is 12.1 Å². The van der Waals surface area contributed by atoms with Crippen LogP contribution in [0, 0.1) is 11.8 Å². The number of ketones is 1. The largest absolute Gasteiger partial charge is 0.481 e. The van der Waals surface area contributed by atoms with Crippen molar-refractivity contribution < 1.29 is 19.8 Å². The van der Waals surface area contributed by atoms with Crippen LogP contribution in [0.4, 0.5) is 0 Å². The van der Waals surface area contributed by atoms with Gasteiger partial charge >= 0.3 is 5.97 Å². The molecule has 1 aliphatic rings. The van der Waals surface area contributed by atoms with E-state index in [-0.39, 0.29) is 24.0 Å². The van der Waals surface area contributed by atoms with Crippen LogP contribution in [0.2, 0.25) is 0 Å². The molecule has 0 radical (unpaired) electrons. The summed E-state index contributed by atoms with van der Waals surface area (Å²) < 4.78 is 0. The summed E-state index contributed by atoms with van der Waals surface area (Å²) in [5, 5.41) is 18.5. The predicted octanol–water partition coefficient (Wildman–Crippen LogP) is 3.50. The van der Waals surface area contributed by atoms with Crippen LogP contribution in [-0.2, 0) is 9.59 Å². The molecule has 0 fully saturated rings. The van der Waals surface area contributed by atoms with Crippen LogP contribution in [0.15, 0.2) is 24.3 Å². The number of allylic oxidation sites excluding steroid dienone is 3. The first-order chi connectivity index (χ1) is 10.5. The third-order valence-corrected chi connectivity index (χ3v) is 4.12. The lowest BCUT2D eigenvalue weighted by Crippen LogP contribution is -2.14. The lowest BCUT2D eigenvalue weighted by atomic mass is 9.89. The number of unbranched alkanes of at least 4 members (excludes halogenated alkanes) is 3. The topological polar surface area (TPSA) is 74.6 Å². The van der Waals surface area contributed by atoms with Crippen molar-refractivity contribution in [3.05, 3.63) is 24.3 Å². The Morgan fingerprint density at radius 1 is 1.32 bits per heavy atom. The number of aliphatic hydroxyl groups excluding tert-OH is 1. The Morgan fingerprint density at radius 3 is 2.77 bits per heavy atom. The van der Waals surface area contributed by atoms with Gasteiger partial charge in [0.1, 0.15) is 0 Å². The van der Waals surface area contributed by atoms with Gasteiger partial charge in [-0.25, -0.2) is 0 Å². The van der Waals surface area contributed by atoms with Crippen LogP contribution in [-0.4, -0.2) is 28.1 Å². The fourth-order valence-electron chi connectivity index (χ4n) is 2.78. The fraction of sp³-hybridized carbons (Fsp3) is 0.667. The molecule has 0 heterocycles. The van der Waals surface area contributed by atoms with Gasteiger partial charge in [-0.15, -0.1) is 0 Å². The van der Waals surface area contributed by atoms with Gasteiger partial charge in [-0.1, -0.05) is 50.8 Å². The Hall–Kier alpha value is -1.42. The van der Waals surface area contributed by atoms with Crippen LogP contribution in [0.3, 0.4) is 0 Å². The van der Waals surface area contributed by atoms with Crippen LogP contribution in [0.1, 0.15) is 58.3 Å². The van der Waals surface area contributed by atoms with E-state index in [0.29, 0.717) is 6.42 Å². The van der Waals surface area contributed by atoms with Gasteiger partial charge in [-0.3, -0.25) is 9.59 Å². The summed E-state index contributed by atoms with van der Waals surface area (Å²) in [5.74, 6) is -0.740. The van der Waals surface area contributed by atoms with Crippen molar-refractivity contribution in [2.24, 2.45) is 11.8 Å². The zero-order valence-electron chi connectivity index (χ0n) is 13.4. The lowest BCUT2D eigenvalue weighted by Gasteiger charge is -2.15. The highest BCUT2D eigenvalue weighted by Crippen LogP contribution is 2.28. The summed E-state index contributed by atoms with van der Waals surface area (Å²) in [6.45, 7) is 2.13. The van der Waals surface area contributed by atoms with Crippen molar-refractivity contribution in [2.45, 2.75) is 64.4 Å². The highest BCUT2D eigenvalue weighted by atomic mass is 16.4. The Bertz CT molecular complexity index is 411. The van der Waals surface area contributed by atoms with Crippen LogP contribution >= 0.6 is 0 Å². The number of carboxylic acids is 1. The average Bonchev–Trinajstić information content (AvgIpc) is 2.82. The quantitative estimate of drug-likeness (QED) is 0.452. The maximum absolute atomic E-state index is 11.9. The van der Waals surface area contributed by atoms with Crippen LogP contribution in [0.5, 0.6) is 0 Å². The second-order valence-corrected chi connectivity index (χ2v) is 6.04. The SMILES string of the molecule is CCCCC[C@H](O)/C=C/[C@@H]1C(=O)C=C[C@@H]1CCCCC(=O)O. The zero-order valence-corrected chi connectivity index (χ0v) is 13.4. The van der Waals surface area contributed by atoms with Crippen LogP contribution in [0.25, 0.3) is 0 Å². The first kappa shape index (κ1) is 18.6. The van der Waals surface area contributed by atoms with E-state index in [1.165, 1.54) is 0 Å². The Balaban J connectivity index is 2.38. The molecule has 2 N–H and O–H groups in total. The Kier molecular flexibility index (Phi) is 8.75. The van der Waals surface area contributed by atoms with Gasteiger partial charge in [0.15, 0.2) is 5.78 Å². The van der Waals surface area contributed by atoms with Crippen molar-refractivity contribution in [3.63, 3.8) is 0 Å². The van der Waals surface area contributed by atoms with E-state index in [2.05, 4.69) is 6.92 Å². The molecule has 0 bridgehead atoms. The molecule has 22 heavy (non-hydrogen) atoms. The molecule has 0 aromatic carbocycles. The summed E-state index contributed by atoms with van der Waals surface area (Å²) in [7, 11) is 0. The molecule has 0 spiro atoms. The highest BCUT2D eigenvalue weighted by Gasteiger charge is 2.27. The molecular weight excluding hydrogens is 280 g/mol. The third kappa shape index (κ3) is 7.03. The maximum atomic E-state index is 11.9. The number of carboxylic acid groups (broad SMARTS) is 1. The molecule has 0 aliphatic heterocycles. The smallest absolute Gasteiger partial charge is 0.303 e. The first-order valence-electron chi connectivity index (χ1n) is 8.34. The monoisotopic (exact) mass is 308 g/mol. The normalized spacial score (nSPS) is 22.5. The number of carbonyl (C=O) groups is 2. The van der Waals surface area contributed by atoms with Crippen LogP contribution < -0.4 is 0 Å². The summed E-state index contributed by atoms with van der Waals surface area (Å²) >= 11 is 0. The first-order valence-corrected chi connectivity index (χ1v) is 8.34. The third-order valence-electron chi connectivity index (χ3n) is 4.12. The van der Waals surface area contributed by atoms with Gasteiger partial charge in [0.2, 0.25) is 0 Å². The number of hydrogen-bond donors (Lipinski definition) is 2. The molecule has 0 aromatic rings. The highest BCUT2D eigenvalue weighted by molar-refractivity contribution is 5.95. The number of hydrogen-bond acceptors (Lipinski definition) is 3. The van der Waals surface area contributed by atoms with E-state index in [1.54, 1.807) is 12.2 Å². The average molecular weight is 308 g/mol. The van der Waals surface area contributed by atoms with E-state index in [0.717, 1.165) is 38.5 Å². The maximum Gasteiger partial charge on any atom is 0.303 e. The summed E-state index contributed by atoms with van der Waals surface area (Å²) in [6.07, 6.45) is 13.0. The molecule has 4 nitrogen and oxygen atoms in total. The number of carbonyl (C=O) groups excluding carboxylic acids is 1. The lowest BCUT2D eigenvalue weighted by molar-refractivity contribution is -0.137. The minimum atomic E-state index is -0.773. The molecule has 0 saturated heterocycles. The van der Waals surface area contributed by atoms with Crippen molar-refractivity contribution in [1.29, 1.82) is 0 Å².